The first-order valence-corrected chi connectivity index (χ1v) is 6.35. The maximum absolute atomic E-state index is 12.2. The van der Waals surface area contributed by atoms with Crippen LogP contribution in [0.15, 0.2) is 0 Å². The molecule has 5 nitrogen and oxygen atoms in total. The lowest BCUT2D eigenvalue weighted by molar-refractivity contribution is -0.131. The molecule has 0 spiro atoms. The summed E-state index contributed by atoms with van der Waals surface area (Å²) in [7, 11) is 0. The van der Waals surface area contributed by atoms with Crippen LogP contribution in [0.4, 0.5) is 0 Å². The summed E-state index contributed by atoms with van der Waals surface area (Å²) < 4.78 is 5.27. The number of nitrogens with one attached hydrogen (secondary N) is 1. The standard InChI is InChI=1S/C12H22N2O3/c1-12(7-17-6-10(12)13)11(16)14-8-3-2-4-9(15)5-8/h8-10,15H,2-7,13H2,1H3,(H,14,16). The molecule has 17 heavy (non-hydrogen) atoms. The zero-order chi connectivity index (χ0) is 12.5. The molecular weight excluding hydrogens is 220 g/mol. The molecule has 2 fully saturated rings. The molecule has 4 atom stereocenters. The smallest absolute Gasteiger partial charge is 0.230 e. The van der Waals surface area contributed by atoms with Crippen molar-refractivity contribution in [2.75, 3.05) is 13.2 Å². The van der Waals surface area contributed by atoms with Gasteiger partial charge < -0.3 is 20.9 Å². The van der Waals surface area contributed by atoms with Gasteiger partial charge in [0.15, 0.2) is 0 Å². The minimum absolute atomic E-state index is 0.0402. The monoisotopic (exact) mass is 242 g/mol. The molecule has 0 aromatic rings. The van der Waals surface area contributed by atoms with Crippen LogP contribution >= 0.6 is 0 Å². The van der Waals surface area contributed by atoms with Crippen molar-refractivity contribution in [3.05, 3.63) is 0 Å². The van der Waals surface area contributed by atoms with Crippen molar-refractivity contribution in [2.24, 2.45) is 11.1 Å². The van der Waals surface area contributed by atoms with Crippen LogP contribution < -0.4 is 11.1 Å². The Hall–Kier alpha value is -0.650. The molecule has 1 aliphatic heterocycles. The minimum atomic E-state index is -0.623. The van der Waals surface area contributed by atoms with E-state index in [1.165, 1.54) is 0 Å². The van der Waals surface area contributed by atoms with Crippen LogP contribution in [0, 0.1) is 5.41 Å². The number of hydrogen-bond donors (Lipinski definition) is 3. The third-order valence-electron chi connectivity index (χ3n) is 4.02. The lowest BCUT2D eigenvalue weighted by atomic mass is 9.83. The Labute approximate surface area is 102 Å². The first-order chi connectivity index (χ1) is 8.02. The number of carbonyl (C=O) groups excluding carboxylic acids is 1. The Bertz CT molecular complexity index is 297. The van der Waals surface area contributed by atoms with Gasteiger partial charge in [0.2, 0.25) is 5.91 Å². The number of carbonyl (C=O) groups is 1. The number of rotatable bonds is 2. The molecule has 2 aliphatic rings. The number of aliphatic hydroxyl groups excluding tert-OH is 1. The molecule has 1 heterocycles. The van der Waals surface area contributed by atoms with Gasteiger partial charge in [-0.3, -0.25) is 4.79 Å². The fourth-order valence-corrected chi connectivity index (χ4v) is 2.57. The summed E-state index contributed by atoms with van der Waals surface area (Å²) in [5.74, 6) is -0.0402. The summed E-state index contributed by atoms with van der Waals surface area (Å²) in [5.41, 5.74) is 5.29. The predicted octanol–water partition coefficient (Wildman–Crippen LogP) is -0.230. The Morgan fingerprint density at radius 1 is 1.53 bits per heavy atom. The molecule has 1 saturated carbocycles. The van der Waals surface area contributed by atoms with Gasteiger partial charge in [-0.25, -0.2) is 0 Å². The van der Waals surface area contributed by atoms with Gasteiger partial charge in [0.05, 0.1) is 24.7 Å². The van der Waals surface area contributed by atoms with E-state index < -0.39 is 5.41 Å². The number of nitrogens with two attached hydrogens (primary N) is 1. The van der Waals surface area contributed by atoms with Crippen LogP contribution in [-0.4, -0.2) is 42.4 Å². The van der Waals surface area contributed by atoms with E-state index >= 15 is 0 Å². The second kappa shape index (κ2) is 4.92. The topological polar surface area (TPSA) is 84.6 Å². The van der Waals surface area contributed by atoms with Crippen LogP contribution in [0.25, 0.3) is 0 Å². The SMILES string of the molecule is CC1(C(=O)NC2CCCC(O)C2)COCC1N. The van der Waals surface area contributed by atoms with Crippen molar-refractivity contribution in [1.29, 1.82) is 0 Å². The molecule has 0 bridgehead atoms. The van der Waals surface area contributed by atoms with Gasteiger partial charge in [-0.1, -0.05) is 0 Å². The van der Waals surface area contributed by atoms with Crippen LogP contribution in [0.1, 0.15) is 32.6 Å². The molecule has 4 unspecified atom stereocenters. The number of ether oxygens (including phenoxy) is 1. The van der Waals surface area contributed by atoms with Crippen LogP contribution in [0.5, 0.6) is 0 Å². The van der Waals surface area contributed by atoms with E-state index in [2.05, 4.69) is 5.32 Å². The van der Waals surface area contributed by atoms with Gasteiger partial charge in [0, 0.05) is 12.1 Å². The van der Waals surface area contributed by atoms with E-state index in [1.807, 2.05) is 6.92 Å². The quantitative estimate of drug-likeness (QED) is 0.624. The molecule has 4 N–H and O–H groups in total. The highest BCUT2D eigenvalue weighted by Crippen LogP contribution is 2.28. The largest absolute Gasteiger partial charge is 0.393 e. The summed E-state index contributed by atoms with van der Waals surface area (Å²) >= 11 is 0. The predicted molar refractivity (Wildman–Crippen MR) is 63.3 cm³/mol. The van der Waals surface area contributed by atoms with Crippen LogP contribution in [0.3, 0.4) is 0 Å². The van der Waals surface area contributed by atoms with Crippen LogP contribution in [0.2, 0.25) is 0 Å². The van der Waals surface area contributed by atoms with Gasteiger partial charge in [-0.2, -0.15) is 0 Å². The lowest BCUT2D eigenvalue weighted by Crippen LogP contribution is -2.53. The average molecular weight is 242 g/mol. The van der Waals surface area contributed by atoms with Gasteiger partial charge >= 0.3 is 0 Å². The highest BCUT2D eigenvalue weighted by atomic mass is 16.5. The minimum Gasteiger partial charge on any atom is -0.393 e. The summed E-state index contributed by atoms with van der Waals surface area (Å²) in [5, 5.41) is 12.6. The van der Waals surface area contributed by atoms with Crippen molar-refractivity contribution < 1.29 is 14.6 Å². The van der Waals surface area contributed by atoms with E-state index in [1.54, 1.807) is 0 Å². The Morgan fingerprint density at radius 2 is 2.29 bits per heavy atom. The normalized spacial score (nSPS) is 42.4. The number of amides is 1. The molecule has 1 aliphatic carbocycles. The van der Waals surface area contributed by atoms with E-state index in [0.29, 0.717) is 19.6 Å². The number of aliphatic hydroxyl groups is 1. The molecule has 0 radical (unpaired) electrons. The Balaban J connectivity index is 1.92. The third kappa shape index (κ3) is 2.61. The van der Waals surface area contributed by atoms with Gasteiger partial charge in [0.25, 0.3) is 0 Å². The zero-order valence-corrected chi connectivity index (χ0v) is 10.3. The van der Waals surface area contributed by atoms with E-state index in [4.69, 9.17) is 10.5 Å². The van der Waals surface area contributed by atoms with E-state index in [9.17, 15) is 9.90 Å². The van der Waals surface area contributed by atoms with Crippen molar-refractivity contribution in [3.8, 4) is 0 Å². The number of hydrogen-bond acceptors (Lipinski definition) is 4. The maximum Gasteiger partial charge on any atom is 0.230 e. The van der Waals surface area contributed by atoms with Gasteiger partial charge in [-0.05, 0) is 32.6 Å². The van der Waals surface area contributed by atoms with Crippen molar-refractivity contribution in [2.45, 2.75) is 50.8 Å². The second-order valence-electron chi connectivity index (χ2n) is 5.53. The maximum atomic E-state index is 12.2. The molecule has 1 saturated heterocycles. The van der Waals surface area contributed by atoms with Crippen molar-refractivity contribution >= 4 is 5.91 Å². The van der Waals surface area contributed by atoms with Gasteiger partial charge in [0.1, 0.15) is 0 Å². The molecule has 1 amide bonds. The summed E-state index contributed by atoms with van der Waals surface area (Å²) in [6, 6.07) is -0.160. The molecule has 0 aromatic carbocycles. The summed E-state index contributed by atoms with van der Waals surface area (Å²) in [4.78, 5) is 12.2. The first kappa shape index (κ1) is 12.8. The first-order valence-electron chi connectivity index (χ1n) is 6.35. The lowest BCUT2D eigenvalue weighted by Gasteiger charge is -2.31. The van der Waals surface area contributed by atoms with Gasteiger partial charge in [-0.15, -0.1) is 0 Å². The van der Waals surface area contributed by atoms with E-state index in [-0.39, 0.29) is 24.1 Å². The molecular formula is C12H22N2O3. The fraction of sp³-hybridized carbons (Fsp3) is 0.917. The Kier molecular flexibility index (Phi) is 3.70. The fourth-order valence-electron chi connectivity index (χ4n) is 2.57. The van der Waals surface area contributed by atoms with Crippen LogP contribution in [-0.2, 0) is 9.53 Å². The van der Waals surface area contributed by atoms with E-state index in [0.717, 1.165) is 19.3 Å². The zero-order valence-electron chi connectivity index (χ0n) is 10.3. The molecule has 0 aromatic heterocycles. The Morgan fingerprint density at radius 3 is 2.88 bits per heavy atom. The molecule has 5 heteroatoms. The average Bonchev–Trinajstić information content (AvgIpc) is 2.60. The summed E-state index contributed by atoms with van der Waals surface area (Å²) in [6.45, 7) is 2.67. The third-order valence-corrected chi connectivity index (χ3v) is 4.02. The highest BCUT2D eigenvalue weighted by molar-refractivity contribution is 5.83. The summed E-state index contributed by atoms with van der Waals surface area (Å²) in [6.07, 6.45) is 3.11. The van der Waals surface area contributed by atoms with Crippen molar-refractivity contribution in [3.63, 3.8) is 0 Å². The highest BCUT2D eigenvalue weighted by Gasteiger charge is 2.45. The molecule has 98 valence electrons. The van der Waals surface area contributed by atoms with Crippen molar-refractivity contribution in [1.82, 2.24) is 5.32 Å². The second-order valence-corrected chi connectivity index (χ2v) is 5.53. The molecule has 2 rings (SSSR count).